The van der Waals surface area contributed by atoms with Gasteiger partial charge < -0.3 is 64.7 Å². The van der Waals surface area contributed by atoms with Gasteiger partial charge in [-0.1, -0.05) is 69.3 Å². The largest absolute Gasteiger partial charge is 0.479 e. The Morgan fingerprint density at radius 1 is 0.886 bits per heavy atom. The number of esters is 1. The molecule has 70 heavy (non-hydrogen) atoms. The van der Waals surface area contributed by atoms with Crippen LogP contribution in [0.2, 0.25) is 0 Å². The van der Waals surface area contributed by atoms with Crippen LogP contribution in [0.15, 0.2) is 52.8 Å². The molecule has 0 radical (unpaired) electrons. The Morgan fingerprint density at radius 2 is 1.61 bits per heavy atom. The van der Waals surface area contributed by atoms with Gasteiger partial charge in [-0.05, 0) is 101 Å². The van der Waals surface area contributed by atoms with Gasteiger partial charge in [0, 0.05) is 64.5 Å². The lowest BCUT2D eigenvalue weighted by molar-refractivity contribution is -0.265. The van der Waals surface area contributed by atoms with E-state index in [0.717, 1.165) is 10.5 Å². The standard InChI is InChI=1S/C52H83N3O15/c1-30-15-11-10-12-16-31(2)42(65-7)27-37-20-18-35(6)52(64,70-37)49(61)50(62)55-22-14-13-17-39(55)51(63)69-43(38(53)25-36-19-21-40(56)44(26-36)66-8)28-41(57)32(3)24-34(5)47(60)48(67-9)46(33(4)23-30)54-68-29-45(58)59/h10-12,15-16,24,30,32-33,35-44,47-48,56-57,60,64H,13-14,17-23,25-29,53H2,1-9H3,(H,58,59)/b12-10?,15-11+,31-16?,34-24+,54-46-/t30-,32-,33-,35-,36+,37+,38-,39+,40-,41-,42+,43+,44-,47-,48+,52-/m1/s1. The SMILES string of the molecule is CO[C@H]1C[C@@H]2CC[C@@H](C)[C@@](O)(O2)C(=O)C(=O)N2CCCC[C@H]2C(=O)O[C@H]([C@H](N)C[C@@H]2CC[C@@H](O)[C@H](OC)C2)C[C@@H](O)[C@H](C)/C=C(\C)[C@@H](O)[C@@H](OC)/C(=N\OCC(=O)O)[C@H](C)C[C@H](C)/C=C/C=CC=C1C. The summed E-state index contributed by atoms with van der Waals surface area (Å²) < 4.78 is 29.6. The molecule has 1 aliphatic carbocycles. The molecule has 0 aromatic heterocycles. The summed E-state index contributed by atoms with van der Waals surface area (Å²) in [7, 11) is 4.50. The molecule has 18 nitrogen and oxygen atoms in total. The van der Waals surface area contributed by atoms with Crippen molar-refractivity contribution in [3.8, 4) is 0 Å². The minimum absolute atomic E-state index is 0.00500. The van der Waals surface area contributed by atoms with E-state index in [1.54, 1.807) is 34.0 Å². The van der Waals surface area contributed by atoms with Crippen molar-refractivity contribution in [2.45, 2.75) is 185 Å². The number of carbonyl (C=O) groups is 4. The Bertz CT molecular complexity index is 1890. The van der Waals surface area contributed by atoms with Crippen LogP contribution >= 0.6 is 0 Å². The highest BCUT2D eigenvalue weighted by Crippen LogP contribution is 2.37. The number of nitrogens with two attached hydrogens (primary N) is 1. The molecule has 0 spiro atoms. The van der Waals surface area contributed by atoms with Crippen LogP contribution in [-0.4, -0.2) is 161 Å². The maximum Gasteiger partial charge on any atom is 0.344 e. The monoisotopic (exact) mass is 990 g/mol. The van der Waals surface area contributed by atoms with E-state index in [-0.39, 0.29) is 42.9 Å². The zero-order valence-electron chi connectivity index (χ0n) is 42.8. The van der Waals surface area contributed by atoms with Crippen molar-refractivity contribution in [2.24, 2.45) is 40.5 Å². The fraction of sp³-hybridized carbons (Fsp3) is 0.750. The summed E-state index contributed by atoms with van der Waals surface area (Å²) in [5, 5.41) is 59.6. The number of hydrogen-bond donors (Lipinski definition) is 6. The van der Waals surface area contributed by atoms with Gasteiger partial charge >= 0.3 is 11.9 Å². The van der Waals surface area contributed by atoms with Gasteiger partial charge in [0.05, 0.1) is 36.2 Å². The smallest absolute Gasteiger partial charge is 0.344 e. The first-order valence-electron chi connectivity index (χ1n) is 25.1. The van der Waals surface area contributed by atoms with Crippen LogP contribution < -0.4 is 5.73 Å². The quantitative estimate of drug-likeness (QED) is 0.0801. The lowest BCUT2D eigenvalue weighted by atomic mass is 9.80. The number of fused-ring (bicyclic) bond motifs is 3. The highest BCUT2D eigenvalue weighted by molar-refractivity contribution is 6.39. The molecule has 18 heteroatoms. The summed E-state index contributed by atoms with van der Waals surface area (Å²) in [5.41, 5.74) is 8.46. The minimum atomic E-state index is -2.46. The average Bonchev–Trinajstić information content (AvgIpc) is 3.32. The van der Waals surface area contributed by atoms with Crippen LogP contribution in [0.25, 0.3) is 0 Å². The van der Waals surface area contributed by atoms with Gasteiger partial charge in [0.25, 0.3) is 11.7 Å². The number of carboxylic acid groups (broad SMARTS) is 1. The summed E-state index contributed by atoms with van der Waals surface area (Å²) in [6, 6.07) is -2.00. The van der Waals surface area contributed by atoms with Gasteiger partial charge in [-0.2, -0.15) is 0 Å². The highest BCUT2D eigenvalue weighted by atomic mass is 16.6. The first-order valence-corrected chi connectivity index (χ1v) is 25.1. The van der Waals surface area contributed by atoms with Crippen molar-refractivity contribution in [1.29, 1.82) is 0 Å². The summed E-state index contributed by atoms with van der Waals surface area (Å²) in [6.07, 6.45) is 9.27. The van der Waals surface area contributed by atoms with Crippen molar-refractivity contribution in [3.63, 3.8) is 0 Å². The van der Waals surface area contributed by atoms with Crippen molar-refractivity contribution >= 4 is 29.3 Å². The topological polar surface area (TPSA) is 266 Å². The van der Waals surface area contributed by atoms with Crippen molar-refractivity contribution in [3.05, 3.63) is 47.6 Å². The molecule has 396 valence electrons. The maximum absolute atomic E-state index is 14.4. The van der Waals surface area contributed by atoms with E-state index in [2.05, 4.69) is 5.16 Å². The number of nitrogens with zero attached hydrogens (tertiary/aromatic N) is 2. The number of aliphatic hydroxyl groups excluding tert-OH is 3. The third-order valence-electron chi connectivity index (χ3n) is 14.8. The molecule has 3 aliphatic heterocycles. The van der Waals surface area contributed by atoms with Crippen molar-refractivity contribution < 1.29 is 73.2 Å². The van der Waals surface area contributed by atoms with E-state index in [1.807, 2.05) is 51.2 Å². The summed E-state index contributed by atoms with van der Waals surface area (Å²) in [5.74, 6) is -8.46. The zero-order valence-corrected chi connectivity index (χ0v) is 42.8. The number of ketones is 1. The number of Topliss-reactive ketones (excluding diaryl/α,β-unsaturated/α-hetero) is 1. The molecule has 0 aromatic rings. The molecule has 1 saturated carbocycles. The Kier molecular flexibility index (Phi) is 23.3. The molecule has 4 aliphatic rings. The molecule has 7 N–H and O–H groups in total. The van der Waals surface area contributed by atoms with E-state index >= 15 is 0 Å². The van der Waals surface area contributed by atoms with E-state index in [0.29, 0.717) is 69.8 Å². The second-order valence-electron chi connectivity index (χ2n) is 20.3. The number of aliphatic carboxylic acids is 1. The number of ether oxygens (including phenoxy) is 5. The van der Waals surface area contributed by atoms with Gasteiger partial charge in [-0.25, -0.2) is 9.59 Å². The second-order valence-corrected chi connectivity index (χ2v) is 20.3. The summed E-state index contributed by atoms with van der Waals surface area (Å²) in [4.78, 5) is 60.7. The van der Waals surface area contributed by atoms with Crippen molar-refractivity contribution in [2.75, 3.05) is 34.5 Å². The Hall–Kier alpha value is -3.85. The maximum atomic E-state index is 14.4. The molecule has 2 bridgehead atoms. The fourth-order valence-electron chi connectivity index (χ4n) is 10.4. The van der Waals surface area contributed by atoms with E-state index in [4.69, 9.17) is 34.3 Å². The van der Waals surface area contributed by atoms with E-state index < -0.39 is 109 Å². The van der Waals surface area contributed by atoms with Crippen LogP contribution in [0.1, 0.15) is 119 Å². The van der Waals surface area contributed by atoms with E-state index in [9.17, 15) is 44.7 Å². The van der Waals surface area contributed by atoms with Gasteiger partial charge in [-0.3, -0.25) is 9.59 Å². The summed E-state index contributed by atoms with van der Waals surface area (Å²) >= 11 is 0. The molecule has 1 amide bonds. The van der Waals surface area contributed by atoms with Gasteiger partial charge in [0.1, 0.15) is 24.4 Å². The predicted octanol–water partition coefficient (Wildman–Crippen LogP) is 4.55. The van der Waals surface area contributed by atoms with Crippen LogP contribution in [0, 0.1) is 29.6 Å². The van der Waals surface area contributed by atoms with Crippen LogP contribution in [0.5, 0.6) is 0 Å². The number of methoxy groups -OCH3 is 3. The van der Waals surface area contributed by atoms with Gasteiger partial charge in [-0.15, -0.1) is 0 Å². The van der Waals surface area contributed by atoms with E-state index in [1.165, 1.54) is 14.2 Å². The third kappa shape index (κ3) is 16.1. The normalized spacial score (nSPS) is 38.7. The number of hydrogen-bond acceptors (Lipinski definition) is 16. The van der Waals surface area contributed by atoms with Gasteiger partial charge in [0.2, 0.25) is 12.4 Å². The Balaban J connectivity index is 1.75. The Labute approximate surface area is 414 Å². The van der Waals surface area contributed by atoms with Crippen LogP contribution in [0.4, 0.5) is 0 Å². The second kappa shape index (κ2) is 27.8. The first-order chi connectivity index (χ1) is 33.1. The molecule has 0 unspecified atom stereocenters. The number of oxime groups is 1. The lowest BCUT2D eigenvalue weighted by Crippen LogP contribution is -2.61. The highest BCUT2D eigenvalue weighted by Gasteiger charge is 2.53. The number of amides is 1. The molecule has 2 saturated heterocycles. The number of piperidine rings is 1. The Morgan fingerprint density at radius 3 is 2.29 bits per heavy atom. The fourth-order valence-corrected chi connectivity index (χ4v) is 10.4. The van der Waals surface area contributed by atoms with Crippen molar-refractivity contribution in [1.82, 2.24) is 4.90 Å². The number of rotatable bonds is 9. The van der Waals surface area contributed by atoms with Crippen LogP contribution in [-0.2, 0) is 47.7 Å². The molecule has 0 aromatic carbocycles. The number of carbonyl (C=O) groups excluding carboxylic acids is 3. The molecule has 3 fully saturated rings. The number of aliphatic hydroxyl groups is 4. The number of cyclic esters (lactones) is 1. The molecular weight excluding hydrogens is 907 g/mol. The lowest BCUT2D eigenvalue weighted by Gasteiger charge is -2.42. The van der Waals surface area contributed by atoms with Gasteiger partial charge in [0.15, 0.2) is 0 Å². The molecular formula is C52H83N3O15. The summed E-state index contributed by atoms with van der Waals surface area (Å²) in [6.45, 7) is 10.2. The number of allylic oxidation sites excluding steroid dienone is 5. The number of carboxylic acids is 1. The van der Waals surface area contributed by atoms with Crippen LogP contribution in [0.3, 0.4) is 0 Å². The predicted molar refractivity (Wildman–Crippen MR) is 261 cm³/mol. The zero-order chi connectivity index (χ0) is 51.9. The average molecular weight is 990 g/mol. The molecule has 3 heterocycles. The molecule has 4 rings (SSSR count). The third-order valence-corrected chi connectivity index (χ3v) is 14.8. The first kappa shape index (κ1) is 58.7. The minimum Gasteiger partial charge on any atom is -0.479 e. The molecule has 16 atom stereocenters.